The van der Waals surface area contributed by atoms with Crippen molar-refractivity contribution in [2.45, 2.75) is 5.92 Å². The van der Waals surface area contributed by atoms with Crippen molar-refractivity contribution in [1.82, 2.24) is 4.98 Å². The van der Waals surface area contributed by atoms with E-state index in [1.165, 1.54) is 10.9 Å². The summed E-state index contributed by atoms with van der Waals surface area (Å²) >= 11 is 1.08. The van der Waals surface area contributed by atoms with Gasteiger partial charge in [-0.3, -0.25) is 0 Å². The minimum absolute atomic E-state index is 0.361. The maximum Gasteiger partial charge on any atom is 0.313 e. The molecule has 0 atom stereocenters. The molecule has 0 amide bonds. The van der Waals surface area contributed by atoms with Gasteiger partial charge in [-0.2, -0.15) is 8.78 Å². The molecule has 0 spiro atoms. The van der Waals surface area contributed by atoms with Crippen LogP contribution >= 0.6 is 11.3 Å². The van der Waals surface area contributed by atoms with Crippen LogP contribution in [0, 0.1) is 0 Å². The molecular weight excluding hydrogens is 160 g/mol. The van der Waals surface area contributed by atoms with Crippen molar-refractivity contribution in [3.8, 4) is 0 Å². The molecule has 1 aromatic heterocycles. The fraction of sp³-hybridized carbons (Fsp3) is 0.400. The molecule has 56 valence electrons. The molecule has 0 aromatic carbocycles. The molecular formula is C5H5F2NOS. The van der Waals surface area contributed by atoms with E-state index in [1.54, 1.807) is 0 Å². The third-order valence-corrected chi connectivity index (χ3v) is 1.59. The van der Waals surface area contributed by atoms with Crippen LogP contribution in [0.1, 0.15) is 5.69 Å². The number of nitrogens with zero attached hydrogens (tertiary/aromatic N) is 1. The van der Waals surface area contributed by atoms with Gasteiger partial charge in [-0.1, -0.05) is 0 Å². The molecule has 1 heterocycles. The molecule has 0 bridgehead atoms. The van der Waals surface area contributed by atoms with Crippen LogP contribution in [0.3, 0.4) is 0 Å². The van der Waals surface area contributed by atoms with E-state index >= 15 is 0 Å². The van der Waals surface area contributed by atoms with Gasteiger partial charge in [-0.15, -0.1) is 11.3 Å². The monoisotopic (exact) mass is 165 g/mol. The molecule has 0 aliphatic rings. The Labute approximate surface area is 60.1 Å². The standard InChI is InChI=1S/C5H5F2NOS/c6-5(7,2-9)4-1-10-3-8-4/h1,3,9H,2H2. The average molecular weight is 165 g/mol. The van der Waals surface area contributed by atoms with Crippen molar-refractivity contribution in [1.29, 1.82) is 0 Å². The predicted octanol–water partition coefficient (Wildman–Crippen LogP) is 1.23. The van der Waals surface area contributed by atoms with Crippen molar-refractivity contribution in [2.24, 2.45) is 0 Å². The summed E-state index contributed by atoms with van der Waals surface area (Å²) in [6.07, 6.45) is 0. The predicted molar refractivity (Wildman–Crippen MR) is 33.1 cm³/mol. The number of aliphatic hydroxyl groups excluding tert-OH is 1. The lowest BCUT2D eigenvalue weighted by molar-refractivity contribution is -0.0587. The van der Waals surface area contributed by atoms with Gasteiger partial charge < -0.3 is 5.11 Å². The highest BCUT2D eigenvalue weighted by atomic mass is 32.1. The number of hydrogen-bond donors (Lipinski definition) is 1. The van der Waals surface area contributed by atoms with E-state index in [-0.39, 0.29) is 5.69 Å². The summed E-state index contributed by atoms with van der Waals surface area (Å²) in [5.41, 5.74) is 0.943. The van der Waals surface area contributed by atoms with Crippen LogP contribution in [-0.2, 0) is 5.92 Å². The Morgan fingerprint density at radius 1 is 1.70 bits per heavy atom. The fourth-order valence-corrected chi connectivity index (χ4v) is 1.07. The second-order valence-electron chi connectivity index (χ2n) is 1.74. The van der Waals surface area contributed by atoms with Gasteiger partial charge in [0.25, 0.3) is 0 Å². The summed E-state index contributed by atoms with van der Waals surface area (Å²) in [5, 5.41) is 9.40. The maximum absolute atomic E-state index is 12.4. The lowest BCUT2D eigenvalue weighted by atomic mass is 10.3. The molecule has 0 fully saturated rings. The molecule has 0 aliphatic carbocycles. The number of aromatic nitrogens is 1. The molecule has 0 unspecified atom stereocenters. The number of alkyl halides is 2. The number of thiazole rings is 1. The number of halogens is 2. The summed E-state index contributed by atoms with van der Waals surface area (Å²) in [4.78, 5) is 3.37. The third kappa shape index (κ3) is 1.30. The second kappa shape index (κ2) is 2.59. The second-order valence-corrected chi connectivity index (χ2v) is 2.45. The van der Waals surface area contributed by atoms with Gasteiger partial charge in [0, 0.05) is 5.38 Å². The fourth-order valence-electron chi connectivity index (χ4n) is 0.474. The first-order valence-electron chi connectivity index (χ1n) is 2.54. The van der Waals surface area contributed by atoms with Crippen LogP contribution in [-0.4, -0.2) is 16.7 Å². The SMILES string of the molecule is OCC(F)(F)c1cscn1. The average Bonchev–Trinajstić information content (AvgIpc) is 2.38. The highest BCUT2D eigenvalue weighted by Crippen LogP contribution is 2.26. The summed E-state index contributed by atoms with van der Waals surface area (Å²) in [7, 11) is 0. The van der Waals surface area contributed by atoms with E-state index in [2.05, 4.69) is 4.98 Å². The molecule has 0 aliphatic heterocycles. The van der Waals surface area contributed by atoms with E-state index in [0.29, 0.717) is 0 Å². The lowest BCUT2D eigenvalue weighted by Gasteiger charge is -2.08. The van der Waals surface area contributed by atoms with Gasteiger partial charge in [0.2, 0.25) is 0 Å². The maximum atomic E-state index is 12.4. The summed E-state index contributed by atoms with van der Waals surface area (Å²) < 4.78 is 24.8. The van der Waals surface area contributed by atoms with Crippen LogP contribution in [0.2, 0.25) is 0 Å². The molecule has 2 nitrogen and oxygen atoms in total. The number of hydrogen-bond acceptors (Lipinski definition) is 3. The highest BCUT2D eigenvalue weighted by molar-refractivity contribution is 7.07. The van der Waals surface area contributed by atoms with E-state index in [1.807, 2.05) is 0 Å². The van der Waals surface area contributed by atoms with Gasteiger partial charge in [-0.05, 0) is 0 Å². The first-order chi connectivity index (χ1) is 4.67. The molecule has 0 saturated carbocycles. The van der Waals surface area contributed by atoms with Gasteiger partial charge in [-0.25, -0.2) is 4.98 Å². The van der Waals surface area contributed by atoms with Gasteiger partial charge in [0.15, 0.2) is 0 Å². The molecule has 1 N–H and O–H groups in total. The smallest absolute Gasteiger partial charge is 0.313 e. The molecule has 10 heavy (non-hydrogen) atoms. The van der Waals surface area contributed by atoms with Crippen molar-refractivity contribution in [3.05, 3.63) is 16.6 Å². The normalized spacial score (nSPS) is 11.9. The first-order valence-corrected chi connectivity index (χ1v) is 3.48. The van der Waals surface area contributed by atoms with Gasteiger partial charge in [0.1, 0.15) is 12.3 Å². The first kappa shape index (κ1) is 7.56. The highest BCUT2D eigenvalue weighted by Gasteiger charge is 2.32. The number of rotatable bonds is 2. The van der Waals surface area contributed by atoms with Crippen LogP contribution in [0.25, 0.3) is 0 Å². The summed E-state index contributed by atoms with van der Waals surface area (Å²) in [6.45, 7) is -1.18. The van der Waals surface area contributed by atoms with Crippen molar-refractivity contribution in [2.75, 3.05) is 6.61 Å². The Morgan fingerprint density at radius 3 is 2.80 bits per heavy atom. The van der Waals surface area contributed by atoms with Crippen LogP contribution in [0.5, 0.6) is 0 Å². The Hall–Kier alpha value is -0.550. The van der Waals surface area contributed by atoms with Gasteiger partial charge in [0.05, 0.1) is 5.51 Å². The van der Waals surface area contributed by atoms with Crippen LogP contribution in [0.4, 0.5) is 8.78 Å². The Morgan fingerprint density at radius 2 is 2.40 bits per heavy atom. The van der Waals surface area contributed by atoms with Gasteiger partial charge >= 0.3 is 5.92 Å². The molecule has 0 saturated heterocycles. The quantitative estimate of drug-likeness (QED) is 0.714. The Balaban J connectivity index is 2.85. The minimum atomic E-state index is -3.18. The van der Waals surface area contributed by atoms with Crippen LogP contribution < -0.4 is 0 Å². The molecule has 5 heteroatoms. The zero-order valence-electron chi connectivity index (χ0n) is 4.92. The summed E-state index contributed by atoms with van der Waals surface area (Å²) in [6, 6.07) is 0. The minimum Gasteiger partial charge on any atom is -0.390 e. The van der Waals surface area contributed by atoms with Crippen molar-refractivity contribution < 1.29 is 13.9 Å². The van der Waals surface area contributed by atoms with Crippen molar-refractivity contribution >= 4 is 11.3 Å². The number of aliphatic hydroxyl groups is 1. The van der Waals surface area contributed by atoms with E-state index in [9.17, 15) is 8.78 Å². The molecule has 1 rings (SSSR count). The largest absolute Gasteiger partial charge is 0.390 e. The Bertz CT molecular complexity index is 199. The van der Waals surface area contributed by atoms with E-state index in [0.717, 1.165) is 11.3 Å². The zero-order valence-corrected chi connectivity index (χ0v) is 5.74. The Kier molecular flexibility index (Phi) is 1.96. The summed E-state index contributed by atoms with van der Waals surface area (Å²) in [5.74, 6) is -3.18. The van der Waals surface area contributed by atoms with E-state index in [4.69, 9.17) is 5.11 Å². The topological polar surface area (TPSA) is 33.1 Å². The molecule has 0 radical (unpaired) electrons. The van der Waals surface area contributed by atoms with E-state index < -0.39 is 12.5 Å². The zero-order chi connectivity index (χ0) is 7.61. The van der Waals surface area contributed by atoms with Crippen LogP contribution in [0.15, 0.2) is 10.9 Å². The molecule has 1 aromatic rings. The van der Waals surface area contributed by atoms with Crippen molar-refractivity contribution in [3.63, 3.8) is 0 Å². The lowest BCUT2D eigenvalue weighted by Crippen LogP contribution is -2.18. The third-order valence-electron chi connectivity index (χ3n) is 1.01.